The van der Waals surface area contributed by atoms with Crippen LogP contribution in [0.25, 0.3) is 0 Å². The van der Waals surface area contributed by atoms with Crippen LogP contribution >= 0.6 is 0 Å². The molecule has 0 aromatic heterocycles. The monoisotopic (exact) mass is 140 g/mol. The molecule has 0 rings (SSSR count). The minimum atomic E-state index is -0.266. The molecule has 0 spiro atoms. The van der Waals surface area contributed by atoms with Crippen molar-refractivity contribution >= 4 is 0 Å². The van der Waals surface area contributed by atoms with Gasteiger partial charge in [-0.15, -0.1) is 0 Å². The lowest BCUT2D eigenvalue weighted by molar-refractivity contribution is 0.653. The zero-order chi connectivity index (χ0) is 8.20. The molecule has 0 fully saturated rings. The van der Waals surface area contributed by atoms with Gasteiger partial charge in [-0.25, -0.2) is 0 Å². The maximum Gasteiger partial charge on any atom is 0.0284 e. The summed E-state index contributed by atoms with van der Waals surface area (Å²) >= 11 is 0. The summed E-state index contributed by atoms with van der Waals surface area (Å²) < 4.78 is 0. The van der Waals surface area contributed by atoms with Crippen molar-refractivity contribution in [1.29, 1.82) is 0 Å². The summed E-state index contributed by atoms with van der Waals surface area (Å²) in [5.74, 6) is 0. The van der Waals surface area contributed by atoms with Gasteiger partial charge in [-0.05, 0) is 19.4 Å². The molecule has 0 aliphatic carbocycles. The molecule has 0 radical (unpaired) electrons. The summed E-state index contributed by atoms with van der Waals surface area (Å²) in [7, 11) is 0. The van der Waals surface area contributed by atoms with E-state index >= 15 is 0 Å². The molecule has 0 saturated heterocycles. The number of rotatable bonds is 3. The lowest BCUT2D eigenvalue weighted by Crippen LogP contribution is -2.28. The first-order valence-corrected chi connectivity index (χ1v) is 3.31. The fourth-order valence-corrected chi connectivity index (χ4v) is 0.401. The lowest BCUT2D eigenvalue weighted by Gasteiger charge is -2.11. The third-order valence-corrected chi connectivity index (χ3v) is 1.01. The van der Waals surface area contributed by atoms with Gasteiger partial charge in [0.05, 0.1) is 0 Å². The van der Waals surface area contributed by atoms with E-state index in [9.17, 15) is 0 Å². The molecule has 4 N–H and O–H groups in total. The van der Waals surface area contributed by atoms with E-state index in [0.717, 1.165) is 5.57 Å². The zero-order valence-corrected chi connectivity index (χ0v) is 6.72. The van der Waals surface area contributed by atoms with Crippen LogP contribution in [0.1, 0.15) is 13.8 Å². The van der Waals surface area contributed by atoms with Crippen molar-refractivity contribution < 1.29 is 0 Å². The molecule has 0 unspecified atom stereocenters. The van der Waals surface area contributed by atoms with Crippen molar-refractivity contribution in [3.63, 3.8) is 0 Å². The van der Waals surface area contributed by atoms with Crippen LogP contribution < -0.4 is 11.5 Å². The van der Waals surface area contributed by atoms with Crippen LogP contribution in [-0.2, 0) is 0 Å². The zero-order valence-electron chi connectivity index (χ0n) is 6.72. The molecule has 0 amide bonds. The van der Waals surface area contributed by atoms with Crippen LogP contribution in [0.3, 0.4) is 0 Å². The molecule has 0 heterocycles. The fraction of sp³-hybridized carbons (Fsp3) is 0.500. The second kappa shape index (κ2) is 3.54. The van der Waals surface area contributed by atoms with Gasteiger partial charge in [0.25, 0.3) is 0 Å². The molecule has 0 aromatic rings. The maximum atomic E-state index is 5.67. The van der Waals surface area contributed by atoms with Gasteiger partial charge in [0.1, 0.15) is 0 Å². The molecule has 0 atom stereocenters. The van der Waals surface area contributed by atoms with Gasteiger partial charge >= 0.3 is 0 Å². The summed E-state index contributed by atoms with van der Waals surface area (Å²) in [5, 5.41) is 0. The Morgan fingerprint density at radius 1 is 1.60 bits per heavy atom. The number of hydrogen-bond acceptors (Lipinski definition) is 2. The molecule has 0 aliphatic heterocycles. The Morgan fingerprint density at radius 3 is 2.40 bits per heavy atom. The van der Waals surface area contributed by atoms with Crippen LogP contribution in [0, 0.1) is 0 Å². The van der Waals surface area contributed by atoms with Crippen molar-refractivity contribution in [3.05, 3.63) is 24.3 Å². The molecule has 0 saturated carbocycles. The molecular formula is C8H16N2. The van der Waals surface area contributed by atoms with Crippen LogP contribution in [0.2, 0.25) is 0 Å². The second-order valence-electron chi connectivity index (χ2n) is 3.02. The first-order chi connectivity index (χ1) is 4.45. The molecule has 58 valence electrons. The van der Waals surface area contributed by atoms with Crippen LogP contribution in [0.4, 0.5) is 0 Å². The highest BCUT2D eigenvalue weighted by atomic mass is 14.7. The Balaban J connectivity index is 3.88. The van der Waals surface area contributed by atoms with Gasteiger partial charge in [-0.1, -0.05) is 18.7 Å². The van der Waals surface area contributed by atoms with Gasteiger partial charge in [-0.2, -0.15) is 0 Å². The first kappa shape index (κ1) is 9.40. The fourth-order valence-electron chi connectivity index (χ4n) is 0.401. The van der Waals surface area contributed by atoms with E-state index in [1.807, 2.05) is 26.0 Å². The van der Waals surface area contributed by atoms with E-state index in [4.69, 9.17) is 11.5 Å². The van der Waals surface area contributed by atoms with E-state index in [2.05, 4.69) is 6.58 Å². The topological polar surface area (TPSA) is 52.0 Å². The molecule has 0 bridgehead atoms. The number of nitrogens with two attached hydrogens (primary N) is 2. The van der Waals surface area contributed by atoms with Crippen LogP contribution in [0.15, 0.2) is 24.3 Å². The minimum Gasteiger partial charge on any atom is -0.327 e. The molecule has 2 heteroatoms. The summed E-state index contributed by atoms with van der Waals surface area (Å²) in [4.78, 5) is 0. The standard InChI is InChI=1S/C8H16N2/c1-7(6-9)4-5-8(2,3)10/h4-5H,1,6,9-10H2,2-3H3/b5-4-. The van der Waals surface area contributed by atoms with Gasteiger partial charge in [0.15, 0.2) is 0 Å². The Morgan fingerprint density at radius 2 is 2.10 bits per heavy atom. The SMILES string of the molecule is C=C(/C=C\C(C)(C)N)CN. The van der Waals surface area contributed by atoms with Gasteiger partial charge in [-0.3, -0.25) is 0 Å². The van der Waals surface area contributed by atoms with E-state index in [-0.39, 0.29) is 5.54 Å². The van der Waals surface area contributed by atoms with Gasteiger partial charge in [0.2, 0.25) is 0 Å². The Kier molecular flexibility index (Phi) is 3.33. The first-order valence-electron chi connectivity index (χ1n) is 3.31. The Hall–Kier alpha value is -0.600. The Bertz CT molecular complexity index is 140. The van der Waals surface area contributed by atoms with Crippen molar-refractivity contribution in [3.8, 4) is 0 Å². The van der Waals surface area contributed by atoms with Crippen molar-refractivity contribution in [2.75, 3.05) is 6.54 Å². The van der Waals surface area contributed by atoms with E-state index in [1.54, 1.807) is 0 Å². The van der Waals surface area contributed by atoms with Crippen LogP contribution in [-0.4, -0.2) is 12.1 Å². The quantitative estimate of drug-likeness (QED) is 0.569. The Labute approximate surface area is 62.6 Å². The van der Waals surface area contributed by atoms with Crippen LogP contribution in [0.5, 0.6) is 0 Å². The number of hydrogen-bond donors (Lipinski definition) is 2. The van der Waals surface area contributed by atoms with E-state index in [0.29, 0.717) is 6.54 Å². The third-order valence-electron chi connectivity index (χ3n) is 1.01. The second-order valence-corrected chi connectivity index (χ2v) is 3.02. The van der Waals surface area contributed by atoms with Crippen molar-refractivity contribution in [1.82, 2.24) is 0 Å². The van der Waals surface area contributed by atoms with E-state index < -0.39 is 0 Å². The average Bonchev–Trinajstić information content (AvgIpc) is 1.81. The van der Waals surface area contributed by atoms with Gasteiger partial charge < -0.3 is 11.5 Å². The van der Waals surface area contributed by atoms with Gasteiger partial charge in [0, 0.05) is 12.1 Å². The highest BCUT2D eigenvalue weighted by Crippen LogP contribution is 2.00. The normalized spacial score (nSPS) is 12.4. The molecule has 10 heavy (non-hydrogen) atoms. The lowest BCUT2D eigenvalue weighted by atomic mass is 10.1. The summed E-state index contributed by atoms with van der Waals surface area (Å²) in [6, 6.07) is 0. The molecular weight excluding hydrogens is 124 g/mol. The molecule has 0 aromatic carbocycles. The summed E-state index contributed by atoms with van der Waals surface area (Å²) in [6.45, 7) is 8.05. The minimum absolute atomic E-state index is 0.266. The smallest absolute Gasteiger partial charge is 0.0284 e. The molecule has 0 aliphatic rings. The predicted molar refractivity (Wildman–Crippen MR) is 45.6 cm³/mol. The maximum absolute atomic E-state index is 5.67. The average molecular weight is 140 g/mol. The van der Waals surface area contributed by atoms with Crippen molar-refractivity contribution in [2.24, 2.45) is 11.5 Å². The highest BCUT2D eigenvalue weighted by Gasteiger charge is 2.02. The largest absolute Gasteiger partial charge is 0.327 e. The summed E-state index contributed by atoms with van der Waals surface area (Å²) in [5.41, 5.74) is 11.6. The highest BCUT2D eigenvalue weighted by molar-refractivity contribution is 5.18. The predicted octanol–water partition coefficient (Wildman–Crippen LogP) is 0.795. The van der Waals surface area contributed by atoms with Crippen molar-refractivity contribution in [2.45, 2.75) is 19.4 Å². The summed E-state index contributed by atoms with van der Waals surface area (Å²) in [6.07, 6.45) is 3.75. The van der Waals surface area contributed by atoms with E-state index in [1.165, 1.54) is 0 Å². The third kappa shape index (κ3) is 5.54. The molecule has 2 nitrogen and oxygen atoms in total.